The molecule has 0 radical (unpaired) electrons. The maximum atomic E-state index is 11.3. The van der Waals surface area contributed by atoms with Crippen LogP contribution in [0.1, 0.15) is 49.4 Å². The third-order valence-corrected chi connectivity index (χ3v) is 10.1. The van der Waals surface area contributed by atoms with Crippen LogP contribution in [0.15, 0.2) is 48.1 Å². The molecule has 3 aromatic heterocycles. The van der Waals surface area contributed by atoms with Crippen LogP contribution in [0.25, 0.3) is 21.6 Å². The molecule has 3 aliphatic rings. The molecule has 2 aliphatic carbocycles. The predicted octanol–water partition coefficient (Wildman–Crippen LogP) is 5.20. The first kappa shape index (κ1) is 25.6. The molecule has 1 aliphatic heterocycles. The Balaban J connectivity index is 1.17. The van der Waals surface area contributed by atoms with E-state index in [1.165, 1.54) is 24.9 Å². The number of rotatable bonds is 7. The molecule has 9 heteroatoms. The third-order valence-electron chi connectivity index (χ3n) is 8.97. The second kappa shape index (κ2) is 10.6. The van der Waals surface area contributed by atoms with Crippen molar-refractivity contribution in [3.8, 4) is 10.6 Å². The van der Waals surface area contributed by atoms with Gasteiger partial charge < -0.3 is 19.7 Å². The highest BCUT2D eigenvalue weighted by Crippen LogP contribution is 2.45. The molecule has 1 unspecified atom stereocenters. The third kappa shape index (κ3) is 5.13. The quantitative estimate of drug-likeness (QED) is 0.300. The van der Waals surface area contributed by atoms with E-state index in [4.69, 9.17) is 16.6 Å². The molecular weight excluding hydrogens is 530 g/mol. The fourth-order valence-electron chi connectivity index (χ4n) is 6.81. The highest BCUT2D eigenvalue weighted by molar-refractivity contribution is 7.13. The number of halogens is 1. The summed E-state index contributed by atoms with van der Waals surface area (Å²) in [6, 6.07) is 10.1. The van der Waals surface area contributed by atoms with Crippen molar-refractivity contribution in [1.82, 2.24) is 24.4 Å². The minimum atomic E-state index is -0.865. The number of fused-ring (bicyclic) bond motifs is 1. The summed E-state index contributed by atoms with van der Waals surface area (Å²) in [6.45, 7) is 3.36. The lowest BCUT2D eigenvalue weighted by Crippen LogP contribution is -2.42. The van der Waals surface area contributed by atoms with Crippen LogP contribution >= 0.6 is 22.9 Å². The highest BCUT2D eigenvalue weighted by atomic mass is 35.5. The molecule has 7 rings (SSSR count). The van der Waals surface area contributed by atoms with Crippen molar-refractivity contribution in [2.24, 2.45) is 17.8 Å². The van der Waals surface area contributed by atoms with Crippen molar-refractivity contribution in [1.29, 1.82) is 0 Å². The Labute approximate surface area is 237 Å². The Morgan fingerprint density at radius 3 is 2.72 bits per heavy atom. The fraction of sp³-hybridized carbons (Fsp3) is 0.500. The largest absolute Gasteiger partial charge is 0.390 e. The van der Waals surface area contributed by atoms with E-state index in [9.17, 15) is 10.2 Å². The van der Waals surface area contributed by atoms with Crippen LogP contribution in [-0.2, 0) is 6.42 Å². The van der Waals surface area contributed by atoms with Gasteiger partial charge in [-0.1, -0.05) is 30.3 Å². The Hall–Kier alpha value is -2.36. The van der Waals surface area contributed by atoms with E-state index in [1.54, 1.807) is 17.5 Å². The Morgan fingerprint density at radius 2 is 1.90 bits per heavy atom. The Morgan fingerprint density at radius 1 is 1.05 bits per heavy atom. The number of nitrogens with zero attached hydrogens (tertiary/aromatic N) is 5. The zero-order chi connectivity index (χ0) is 26.5. The van der Waals surface area contributed by atoms with Crippen LogP contribution < -0.4 is 0 Å². The van der Waals surface area contributed by atoms with Gasteiger partial charge in [0.1, 0.15) is 16.8 Å². The lowest BCUT2D eigenvalue weighted by atomic mass is 9.83. The van der Waals surface area contributed by atoms with Crippen LogP contribution in [0, 0.1) is 17.8 Å². The molecule has 0 bridgehead atoms. The summed E-state index contributed by atoms with van der Waals surface area (Å²) in [5, 5.41) is 26.6. The van der Waals surface area contributed by atoms with Gasteiger partial charge in [-0.05, 0) is 73.6 Å². The number of hydrogen-bond acceptors (Lipinski definition) is 7. The molecule has 39 heavy (non-hydrogen) atoms. The molecule has 3 fully saturated rings. The zero-order valence-corrected chi connectivity index (χ0v) is 23.4. The van der Waals surface area contributed by atoms with Gasteiger partial charge in [-0.25, -0.2) is 9.97 Å². The standard InChI is InChI=1S/C30H34ClN5O2S/c31-30-32-13-23-24(29-33-21(17-39-29)11-18-5-2-1-3-6-18)16-36(28(23)34-30)25-12-22(26(37)27(25)38)20-7-4-10-35(15-20)14-19-8-9-19/h1-3,5-6,13,16-17,19-20,22,25-27,37-38H,4,7-12,14-15H2/t20?,22-,25-,26-,27+/m1/s1. The average Bonchev–Trinajstić information content (AvgIpc) is 3.38. The second-order valence-corrected chi connectivity index (χ2v) is 12.9. The van der Waals surface area contributed by atoms with E-state index >= 15 is 0 Å². The number of benzene rings is 1. The number of hydrogen-bond donors (Lipinski definition) is 2. The molecule has 1 aromatic carbocycles. The van der Waals surface area contributed by atoms with Gasteiger partial charge in [-0.15, -0.1) is 11.3 Å². The van der Waals surface area contributed by atoms with Crippen molar-refractivity contribution in [2.45, 2.75) is 56.8 Å². The monoisotopic (exact) mass is 563 g/mol. The molecule has 204 valence electrons. The van der Waals surface area contributed by atoms with Gasteiger partial charge in [-0.3, -0.25) is 0 Å². The fourth-order valence-corrected chi connectivity index (χ4v) is 7.78. The SMILES string of the molecule is O[C@@H]1[C@H](O)[C@@H](C2CCCN(CC3CC3)C2)C[C@H]1n1cc(-c2nc(Cc3ccccc3)cs2)c2cnc(Cl)nc21. The minimum Gasteiger partial charge on any atom is -0.390 e. The van der Waals surface area contributed by atoms with E-state index in [0.29, 0.717) is 18.0 Å². The summed E-state index contributed by atoms with van der Waals surface area (Å²) >= 11 is 7.86. The molecular formula is C30H34ClN5O2S. The van der Waals surface area contributed by atoms with Crippen LogP contribution in [0.2, 0.25) is 5.28 Å². The van der Waals surface area contributed by atoms with Gasteiger partial charge in [0.25, 0.3) is 0 Å². The topological polar surface area (TPSA) is 87.3 Å². The van der Waals surface area contributed by atoms with Crippen LogP contribution in [-0.4, -0.2) is 66.5 Å². The molecule has 4 aromatic rings. The highest BCUT2D eigenvalue weighted by Gasteiger charge is 2.47. The van der Waals surface area contributed by atoms with Crippen molar-refractivity contribution < 1.29 is 10.2 Å². The summed E-state index contributed by atoms with van der Waals surface area (Å²) < 4.78 is 2.02. The molecule has 1 saturated heterocycles. The summed E-state index contributed by atoms with van der Waals surface area (Å²) in [7, 11) is 0. The van der Waals surface area contributed by atoms with Crippen molar-refractivity contribution in [3.63, 3.8) is 0 Å². The van der Waals surface area contributed by atoms with Gasteiger partial charge in [-0.2, -0.15) is 4.98 Å². The van der Waals surface area contributed by atoms with Gasteiger partial charge in [0, 0.05) is 48.2 Å². The second-order valence-electron chi connectivity index (χ2n) is 11.7. The van der Waals surface area contributed by atoms with E-state index in [0.717, 1.165) is 59.9 Å². The Bertz CT molecular complexity index is 1450. The molecule has 7 nitrogen and oxygen atoms in total. The lowest BCUT2D eigenvalue weighted by molar-refractivity contribution is -0.0143. The molecule has 4 heterocycles. The predicted molar refractivity (Wildman–Crippen MR) is 154 cm³/mol. The first-order chi connectivity index (χ1) is 19.0. The molecule has 2 saturated carbocycles. The van der Waals surface area contributed by atoms with E-state index < -0.39 is 12.2 Å². The summed E-state index contributed by atoms with van der Waals surface area (Å²) in [4.78, 5) is 16.4. The van der Waals surface area contributed by atoms with Crippen LogP contribution in [0.4, 0.5) is 0 Å². The maximum Gasteiger partial charge on any atom is 0.224 e. The van der Waals surface area contributed by atoms with Gasteiger partial charge in [0.2, 0.25) is 5.28 Å². The first-order valence-electron chi connectivity index (χ1n) is 14.1. The zero-order valence-electron chi connectivity index (χ0n) is 21.9. The summed E-state index contributed by atoms with van der Waals surface area (Å²) in [5.74, 6) is 1.32. The van der Waals surface area contributed by atoms with Gasteiger partial charge in [0.05, 0.1) is 17.8 Å². The van der Waals surface area contributed by atoms with E-state index in [2.05, 4.69) is 32.4 Å². The Kier molecular flexibility index (Phi) is 6.93. The maximum absolute atomic E-state index is 11.3. The van der Waals surface area contributed by atoms with Crippen molar-refractivity contribution in [2.75, 3.05) is 19.6 Å². The first-order valence-corrected chi connectivity index (χ1v) is 15.4. The summed E-state index contributed by atoms with van der Waals surface area (Å²) in [6.07, 6.45) is 8.63. The molecule has 2 N–H and O–H groups in total. The normalized spacial score (nSPS) is 27.9. The number of piperidine rings is 1. The molecule has 0 spiro atoms. The molecule has 5 atom stereocenters. The minimum absolute atomic E-state index is 0.0579. The summed E-state index contributed by atoms with van der Waals surface area (Å²) in [5.41, 5.74) is 3.85. The van der Waals surface area contributed by atoms with E-state index in [1.807, 2.05) is 29.0 Å². The molecule has 0 amide bonds. The smallest absolute Gasteiger partial charge is 0.224 e. The average molecular weight is 564 g/mol. The number of aromatic nitrogens is 4. The number of thiazole rings is 1. The number of aliphatic hydroxyl groups is 2. The van der Waals surface area contributed by atoms with Crippen LogP contribution in [0.5, 0.6) is 0 Å². The number of likely N-dealkylation sites (tertiary alicyclic amines) is 1. The van der Waals surface area contributed by atoms with Crippen LogP contribution in [0.3, 0.4) is 0 Å². The number of aliphatic hydroxyl groups excluding tert-OH is 2. The lowest BCUT2D eigenvalue weighted by Gasteiger charge is -2.37. The van der Waals surface area contributed by atoms with Crippen molar-refractivity contribution >= 4 is 34.0 Å². The van der Waals surface area contributed by atoms with Gasteiger partial charge >= 0.3 is 0 Å². The van der Waals surface area contributed by atoms with E-state index in [-0.39, 0.29) is 17.2 Å². The van der Waals surface area contributed by atoms with Crippen molar-refractivity contribution in [3.05, 3.63) is 64.6 Å². The van der Waals surface area contributed by atoms with Gasteiger partial charge in [0.15, 0.2) is 0 Å².